The molecule has 0 radical (unpaired) electrons. The highest BCUT2D eigenvalue weighted by Crippen LogP contribution is 2.25. The zero-order valence-corrected chi connectivity index (χ0v) is 18.9. The standard InChI is InChI=1S/C23H22FN7O5/c24-13-1-7-16(8-2-13)31-18(21(25)34)11-17(29-31)22(35)28-15-5-3-14(4-6-15)27-19(32)9-10-30-20(33)12-26-23(30)36/h1-8,18H,9-12H2,(H2,25,34)(H,26,36)(H,27,32)(H,28,35). The fourth-order valence-electron chi connectivity index (χ4n) is 3.66. The van der Waals surface area contributed by atoms with Gasteiger partial charge >= 0.3 is 6.03 Å². The van der Waals surface area contributed by atoms with Gasteiger partial charge in [0.2, 0.25) is 17.7 Å². The molecular formula is C23H22FN7O5. The minimum Gasteiger partial charge on any atom is -0.368 e. The van der Waals surface area contributed by atoms with Gasteiger partial charge in [-0.1, -0.05) is 0 Å². The molecule has 12 nitrogen and oxygen atoms in total. The van der Waals surface area contributed by atoms with Crippen molar-refractivity contribution in [3.05, 3.63) is 54.3 Å². The van der Waals surface area contributed by atoms with Crippen LogP contribution in [-0.2, 0) is 19.2 Å². The molecule has 13 heteroatoms. The van der Waals surface area contributed by atoms with Gasteiger partial charge in [-0.15, -0.1) is 0 Å². The maximum atomic E-state index is 13.2. The number of urea groups is 1. The number of hydrogen-bond acceptors (Lipinski definition) is 7. The van der Waals surface area contributed by atoms with Crippen LogP contribution in [0.25, 0.3) is 0 Å². The Kier molecular flexibility index (Phi) is 6.90. The average molecular weight is 495 g/mol. The molecule has 2 aliphatic heterocycles. The summed E-state index contributed by atoms with van der Waals surface area (Å²) in [4.78, 5) is 60.8. The molecule has 0 saturated carbocycles. The van der Waals surface area contributed by atoms with Crippen molar-refractivity contribution in [1.29, 1.82) is 0 Å². The Bertz CT molecular complexity index is 1230. The molecule has 2 aromatic rings. The van der Waals surface area contributed by atoms with E-state index in [1.54, 1.807) is 24.3 Å². The summed E-state index contributed by atoms with van der Waals surface area (Å²) >= 11 is 0. The summed E-state index contributed by atoms with van der Waals surface area (Å²) in [7, 11) is 0. The molecule has 2 aromatic carbocycles. The Labute approximate surface area is 204 Å². The number of hydrogen-bond donors (Lipinski definition) is 4. The summed E-state index contributed by atoms with van der Waals surface area (Å²) in [5.41, 5.74) is 6.81. The van der Waals surface area contributed by atoms with Crippen LogP contribution < -0.4 is 26.7 Å². The number of nitrogens with two attached hydrogens (primary N) is 1. The molecule has 6 amide bonds. The third kappa shape index (κ3) is 5.46. The largest absolute Gasteiger partial charge is 0.368 e. The lowest BCUT2D eigenvalue weighted by molar-refractivity contribution is -0.125. The van der Waals surface area contributed by atoms with E-state index in [1.807, 2.05) is 0 Å². The highest BCUT2D eigenvalue weighted by molar-refractivity contribution is 6.44. The maximum Gasteiger partial charge on any atom is 0.324 e. The molecule has 0 aliphatic carbocycles. The summed E-state index contributed by atoms with van der Waals surface area (Å²) in [5.74, 6) is -2.46. The predicted molar refractivity (Wildman–Crippen MR) is 127 cm³/mol. The summed E-state index contributed by atoms with van der Waals surface area (Å²) in [6, 6.07) is 10.1. The molecule has 4 rings (SSSR count). The van der Waals surface area contributed by atoms with Crippen molar-refractivity contribution < 1.29 is 28.4 Å². The number of rotatable bonds is 8. The van der Waals surface area contributed by atoms with E-state index >= 15 is 0 Å². The molecule has 1 fully saturated rings. The molecule has 0 spiro atoms. The number of nitrogens with one attached hydrogen (secondary N) is 3. The number of anilines is 3. The SMILES string of the molecule is NC(=O)C1CC(C(=O)Nc2ccc(NC(=O)CCN3C(=O)CNC3=O)cc2)=NN1c1ccc(F)cc1. The zero-order valence-electron chi connectivity index (χ0n) is 18.9. The summed E-state index contributed by atoms with van der Waals surface area (Å²) in [6.07, 6.45) is -0.0900. The molecular weight excluding hydrogens is 473 g/mol. The van der Waals surface area contributed by atoms with Crippen molar-refractivity contribution in [2.45, 2.75) is 18.9 Å². The number of hydrazone groups is 1. The van der Waals surface area contributed by atoms with Crippen molar-refractivity contribution in [2.75, 3.05) is 28.7 Å². The van der Waals surface area contributed by atoms with Gasteiger partial charge in [-0.05, 0) is 48.5 Å². The third-order valence-electron chi connectivity index (χ3n) is 5.52. The Morgan fingerprint density at radius 2 is 1.67 bits per heavy atom. The minimum absolute atomic E-state index is 0.0236. The van der Waals surface area contributed by atoms with Gasteiger partial charge in [0.1, 0.15) is 17.6 Å². The Balaban J connectivity index is 1.34. The van der Waals surface area contributed by atoms with Crippen LogP contribution in [0.4, 0.5) is 26.2 Å². The first kappa shape index (κ1) is 24.3. The normalized spacial score (nSPS) is 17.0. The quantitative estimate of drug-likeness (QED) is 0.395. The smallest absolute Gasteiger partial charge is 0.324 e. The monoisotopic (exact) mass is 495 g/mol. The van der Waals surface area contributed by atoms with Crippen LogP contribution in [0.5, 0.6) is 0 Å². The van der Waals surface area contributed by atoms with Gasteiger partial charge < -0.3 is 21.7 Å². The lowest BCUT2D eigenvalue weighted by Gasteiger charge is -2.20. The van der Waals surface area contributed by atoms with Crippen LogP contribution in [0.1, 0.15) is 12.8 Å². The van der Waals surface area contributed by atoms with Crippen molar-refractivity contribution in [1.82, 2.24) is 10.2 Å². The van der Waals surface area contributed by atoms with E-state index in [2.05, 4.69) is 21.1 Å². The molecule has 1 saturated heterocycles. The second-order valence-electron chi connectivity index (χ2n) is 8.02. The van der Waals surface area contributed by atoms with E-state index in [9.17, 15) is 28.4 Å². The first-order chi connectivity index (χ1) is 17.2. The highest BCUT2D eigenvalue weighted by Gasteiger charge is 2.35. The van der Waals surface area contributed by atoms with E-state index in [0.717, 1.165) is 4.90 Å². The maximum absolute atomic E-state index is 13.2. The van der Waals surface area contributed by atoms with E-state index in [-0.39, 0.29) is 37.6 Å². The first-order valence-electron chi connectivity index (χ1n) is 10.9. The van der Waals surface area contributed by atoms with E-state index < -0.39 is 35.6 Å². The second-order valence-corrected chi connectivity index (χ2v) is 8.02. The molecule has 1 atom stereocenters. The summed E-state index contributed by atoms with van der Waals surface area (Å²) in [5, 5.41) is 13.2. The highest BCUT2D eigenvalue weighted by atomic mass is 19.1. The van der Waals surface area contributed by atoms with Crippen LogP contribution in [0.2, 0.25) is 0 Å². The number of carbonyl (C=O) groups is 5. The van der Waals surface area contributed by atoms with Crippen LogP contribution in [0, 0.1) is 5.82 Å². The summed E-state index contributed by atoms with van der Waals surface area (Å²) < 4.78 is 13.2. The minimum atomic E-state index is -0.893. The Hall–Kier alpha value is -4.81. The van der Waals surface area contributed by atoms with Gasteiger partial charge in [0, 0.05) is 30.8 Å². The fourth-order valence-corrected chi connectivity index (χ4v) is 3.66. The molecule has 2 heterocycles. The van der Waals surface area contributed by atoms with Crippen LogP contribution in [-0.4, -0.2) is 59.4 Å². The van der Waals surface area contributed by atoms with Crippen molar-refractivity contribution in [3.8, 4) is 0 Å². The Morgan fingerprint density at radius 1 is 1.03 bits per heavy atom. The fraction of sp³-hybridized carbons (Fsp3) is 0.217. The molecule has 36 heavy (non-hydrogen) atoms. The second kappa shape index (κ2) is 10.2. The first-order valence-corrected chi connectivity index (χ1v) is 10.9. The predicted octanol–water partition coefficient (Wildman–Crippen LogP) is 0.765. The number of nitrogens with zero attached hydrogens (tertiary/aromatic N) is 3. The molecule has 0 aromatic heterocycles. The lowest BCUT2D eigenvalue weighted by atomic mass is 10.1. The Morgan fingerprint density at radius 3 is 2.25 bits per heavy atom. The van der Waals surface area contributed by atoms with Crippen molar-refractivity contribution in [2.24, 2.45) is 10.8 Å². The number of carbonyl (C=O) groups excluding carboxylic acids is 5. The van der Waals surface area contributed by atoms with Gasteiger partial charge in [0.25, 0.3) is 5.91 Å². The van der Waals surface area contributed by atoms with Gasteiger partial charge in [0.15, 0.2) is 0 Å². The van der Waals surface area contributed by atoms with Gasteiger partial charge in [-0.3, -0.25) is 29.1 Å². The van der Waals surface area contributed by atoms with E-state index in [4.69, 9.17) is 5.73 Å². The van der Waals surface area contributed by atoms with Gasteiger partial charge in [-0.2, -0.15) is 5.10 Å². The zero-order chi connectivity index (χ0) is 25.8. The van der Waals surface area contributed by atoms with Crippen molar-refractivity contribution in [3.63, 3.8) is 0 Å². The van der Waals surface area contributed by atoms with E-state index in [1.165, 1.54) is 29.3 Å². The number of imide groups is 1. The molecule has 1 unspecified atom stereocenters. The molecule has 0 bridgehead atoms. The number of amides is 6. The molecule has 5 N–H and O–H groups in total. The summed E-state index contributed by atoms with van der Waals surface area (Å²) in [6.45, 7) is -0.110. The molecule has 186 valence electrons. The number of benzene rings is 2. The number of halogens is 1. The van der Waals surface area contributed by atoms with Gasteiger partial charge in [0.05, 0.1) is 12.2 Å². The van der Waals surface area contributed by atoms with Crippen LogP contribution >= 0.6 is 0 Å². The molecule has 2 aliphatic rings. The topological polar surface area (TPSA) is 166 Å². The lowest BCUT2D eigenvalue weighted by Crippen LogP contribution is -2.39. The van der Waals surface area contributed by atoms with Gasteiger partial charge in [-0.25, -0.2) is 9.18 Å². The third-order valence-corrected chi connectivity index (χ3v) is 5.52. The number of primary amides is 1. The van der Waals surface area contributed by atoms with Crippen molar-refractivity contribution >= 4 is 52.4 Å². The van der Waals surface area contributed by atoms with E-state index in [0.29, 0.717) is 17.1 Å². The van der Waals surface area contributed by atoms with Crippen LogP contribution in [0.3, 0.4) is 0 Å². The average Bonchev–Trinajstić information content (AvgIpc) is 3.43. The van der Waals surface area contributed by atoms with Crippen LogP contribution in [0.15, 0.2) is 53.6 Å².